The maximum absolute atomic E-state index is 14.3. The summed E-state index contributed by atoms with van der Waals surface area (Å²) >= 11 is 13.0. The molecule has 4 aromatic carbocycles. The standard InChI is InChI=1S/C32H31Cl2N3O4S/c1-23-16-18-26(19-17-23)42(40,41)37(29-15-9-8-14-28(29)34)22-31(38)36(21-25-12-6-7-13-27(25)33)30(32(39)35-2)20-24-10-4-3-5-11-24/h3-19,30H,20-22H2,1-2H3,(H,35,39)/t30-/m0/s1. The summed E-state index contributed by atoms with van der Waals surface area (Å²) in [4.78, 5) is 29.0. The van der Waals surface area contributed by atoms with Crippen molar-refractivity contribution in [2.24, 2.45) is 0 Å². The Hall–Kier alpha value is -3.85. The topological polar surface area (TPSA) is 86.8 Å². The molecule has 0 heterocycles. The minimum Gasteiger partial charge on any atom is -0.357 e. The molecule has 4 aromatic rings. The van der Waals surface area contributed by atoms with E-state index in [9.17, 15) is 18.0 Å². The molecule has 0 aliphatic rings. The molecule has 0 fully saturated rings. The molecule has 0 unspecified atom stereocenters. The molecule has 0 bridgehead atoms. The minimum atomic E-state index is -4.24. The van der Waals surface area contributed by atoms with Crippen LogP contribution in [0.4, 0.5) is 5.69 Å². The first-order valence-corrected chi connectivity index (χ1v) is 15.4. The van der Waals surface area contributed by atoms with Crippen molar-refractivity contribution < 1.29 is 18.0 Å². The molecule has 42 heavy (non-hydrogen) atoms. The number of carbonyl (C=O) groups is 2. The predicted molar refractivity (Wildman–Crippen MR) is 167 cm³/mol. The fourth-order valence-corrected chi connectivity index (χ4v) is 6.45. The Bertz CT molecular complexity index is 1650. The van der Waals surface area contributed by atoms with Crippen LogP contribution in [0, 0.1) is 6.92 Å². The van der Waals surface area contributed by atoms with Gasteiger partial charge in [-0.15, -0.1) is 0 Å². The summed E-state index contributed by atoms with van der Waals surface area (Å²) in [6, 6.07) is 28.1. The number of carbonyl (C=O) groups excluding carboxylic acids is 2. The van der Waals surface area contributed by atoms with Gasteiger partial charge in [0.15, 0.2) is 0 Å². The highest BCUT2D eigenvalue weighted by atomic mass is 35.5. The van der Waals surface area contributed by atoms with Crippen LogP contribution < -0.4 is 9.62 Å². The summed E-state index contributed by atoms with van der Waals surface area (Å²) < 4.78 is 29.0. The number of rotatable bonds is 11. The Kier molecular flexibility index (Phi) is 10.3. The fraction of sp³-hybridized carbons (Fsp3) is 0.188. The lowest BCUT2D eigenvalue weighted by molar-refractivity contribution is -0.139. The van der Waals surface area contributed by atoms with Crippen LogP contribution in [0.25, 0.3) is 0 Å². The molecule has 4 rings (SSSR count). The fourth-order valence-electron chi connectivity index (χ4n) is 4.54. The van der Waals surface area contributed by atoms with Crippen LogP contribution in [0.3, 0.4) is 0 Å². The third-order valence-corrected chi connectivity index (χ3v) is 9.29. The normalized spacial score (nSPS) is 11.9. The van der Waals surface area contributed by atoms with Gasteiger partial charge >= 0.3 is 0 Å². The van der Waals surface area contributed by atoms with Gasteiger partial charge in [-0.25, -0.2) is 8.42 Å². The van der Waals surface area contributed by atoms with E-state index in [2.05, 4.69) is 5.32 Å². The van der Waals surface area contributed by atoms with Crippen LogP contribution in [0.1, 0.15) is 16.7 Å². The lowest BCUT2D eigenvalue weighted by Gasteiger charge is -2.34. The zero-order chi connectivity index (χ0) is 30.3. The van der Waals surface area contributed by atoms with Gasteiger partial charge in [-0.2, -0.15) is 0 Å². The molecule has 0 spiro atoms. The van der Waals surface area contributed by atoms with Crippen molar-refractivity contribution in [3.05, 3.63) is 130 Å². The number of nitrogens with one attached hydrogen (secondary N) is 1. The van der Waals surface area contributed by atoms with Crippen molar-refractivity contribution in [1.29, 1.82) is 0 Å². The summed E-state index contributed by atoms with van der Waals surface area (Å²) in [6.45, 7) is 1.22. The predicted octanol–water partition coefficient (Wildman–Crippen LogP) is 5.88. The molecule has 0 aliphatic carbocycles. The van der Waals surface area contributed by atoms with Gasteiger partial charge in [0.25, 0.3) is 10.0 Å². The molecule has 1 atom stereocenters. The number of sulfonamides is 1. The highest BCUT2D eigenvalue weighted by molar-refractivity contribution is 7.92. The number of amides is 2. The Morgan fingerprint density at radius 1 is 0.810 bits per heavy atom. The smallest absolute Gasteiger partial charge is 0.264 e. The Labute approximate surface area is 256 Å². The van der Waals surface area contributed by atoms with Gasteiger partial charge in [0.1, 0.15) is 12.6 Å². The molecule has 0 aromatic heterocycles. The van der Waals surface area contributed by atoms with Gasteiger partial charge in [-0.1, -0.05) is 102 Å². The molecular formula is C32H31Cl2N3O4S. The first-order valence-electron chi connectivity index (χ1n) is 13.2. The largest absolute Gasteiger partial charge is 0.357 e. The second-order valence-corrected chi connectivity index (χ2v) is 12.4. The Morgan fingerprint density at radius 2 is 1.40 bits per heavy atom. The van der Waals surface area contributed by atoms with Crippen LogP contribution in [0.5, 0.6) is 0 Å². The minimum absolute atomic E-state index is 0.00519. The third-order valence-electron chi connectivity index (χ3n) is 6.83. The lowest BCUT2D eigenvalue weighted by atomic mass is 10.0. The Balaban J connectivity index is 1.80. The summed E-state index contributed by atoms with van der Waals surface area (Å²) in [6.07, 6.45) is 0.202. The molecule has 218 valence electrons. The van der Waals surface area contributed by atoms with E-state index in [1.54, 1.807) is 60.7 Å². The van der Waals surface area contributed by atoms with Crippen LogP contribution in [-0.4, -0.2) is 44.8 Å². The van der Waals surface area contributed by atoms with Crippen molar-refractivity contribution in [2.75, 3.05) is 17.9 Å². The van der Waals surface area contributed by atoms with Crippen molar-refractivity contribution in [1.82, 2.24) is 10.2 Å². The van der Waals surface area contributed by atoms with E-state index in [-0.39, 0.29) is 28.6 Å². The number of likely N-dealkylation sites (N-methyl/N-ethyl adjacent to an activating group) is 1. The van der Waals surface area contributed by atoms with Crippen molar-refractivity contribution in [3.63, 3.8) is 0 Å². The molecule has 10 heteroatoms. The average molecular weight is 625 g/mol. The highest BCUT2D eigenvalue weighted by Crippen LogP contribution is 2.31. The molecule has 0 saturated heterocycles. The molecule has 2 amide bonds. The second kappa shape index (κ2) is 13.9. The van der Waals surface area contributed by atoms with Crippen molar-refractivity contribution in [3.8, 4) is 0 Å². The Morgan fingerprint density at radius 3 is 2.02 bits per heavy atom. The number of nitrogens with zero attached hydrogens (tertiary/aromatic N) is 2. The number of benzene rings is 4. The summed E-state index contributed by atoms with van der Waals surface area (Å²) in [5, 5.41) is 3.23. The van der Waals surface area contributed by atoms with Gasteiger partial charge in [0.05, 0.1) is 15.6 Å². The molecular weight excluding hydrogens is 593 g/mol. The first kappa shape index (κ1) is 31.1. The van der Waals surface area contributed by atoms with Crippen LogP contribution in [-0.2, 0) is 32.6 Å². The molecule has 7 nitrogen and oxygen atoms in total. The quantitative estimate of drug-likeness (QED) is 0.226. The summed E-state index contributed by atoms with van der Waals surface area (Å²) in [5.74, 6) is -1.00. The zero-order valence-corrected chi connectivity index (χ0v) is 25.5. The molecule has 1 N–H and O–H groups in total. The molecule has 0 saturated carbocycles. The van der Waals surface area contributed by atoms with Gasteiger partial charge in [-0.3, -0.25) is 13.9 Å². The van der Waals surface area contributed by atoms with Gasteiger partial charge in [0.2, 0.25) is 11.8 Å². The van der Waals surface area contributed by atoms with Crippen LogP contribution in [0.2, 0.25) is 10.0 Å². The van der Waals surface area contributed by atoms with Crippen LogP contribution in [0.15, 0.2) is 108 Å². The maximum Gasteiger partial charge on any atom is 0.264 e. The number of halogens is 2. The van der Waals surface area contributed by atoms with E-state index in [4.69, 9.17) is 23.2 Å². The lowest BCUT2D eigenvalue weighted by Crippen LogP contribution is -2.53. The van der Waals surface area contributed by atoms with Crippen molar-refractivity contribution >= 4 is 50.7 Å². The first-order chi connectivity index (χ1) is 20.1. The number of hydrogen-bond acceptors (Lipinski definition) is 4. The number of para-hydroxylation sites is 1. The van der Waals surface area contributed by atoms with Gasteiger partial charge in [0, 0.05) is 25.0 Å². The summed E-state index contributed by atoms with van der Waals surface area (Å²) in [7, 11) is -2.74. The molecule has 0 aliphatic heterocycles. The average Bonchev–Trinajstić information content (AvgIpc) is 2.99. The monoisotopic (exact) mass is 623 g/mol. The number of anilines is 1. The SMILES string of the molecule is CNC(=O)[C@H](Cc1ccccc1)N(Cc1ccccc1Cl)C(=O)CN(c1ccccc1Cl)S(=O)(=O)c1ccc(C)cc1. The van der Waals surface area contributed by atoms with Crippen LogP contribution >= 0.6 is 23.2 Å². The van der Waals surface area contributed by atoms with Gasteiger partial charge in [-0.05, 0) is 48.4 Å². The highest BCUT2D eigenvalue weighted by Gasteiger charge is 2.35. The third kappa shape index (κ3) is 7.31. The van der Waals surface area contributed by atoms with E-state index in [1.807, 2.05) is 37.3 Å². The number of hydrogen-bond donors (Lipinski definition) is 1. The molecule has 0 radical (unpaired) electrons. The summed E-state index contributed by atoms with van der Waals surface area (Å²) in [5.41, 5.74) is 2.47. The van der Waals surface area contributed by atoms with E-state index >= 15 is 0 Å². The van der Waals surface area contributed by atoms with E-state index in [0.717, 1.165) is 15.4 Å². The maximum atomic E-state index is 14.3. The zero-order valence-electron chi connectivity index (χ0n) is 23.2. The second-order valence-electron chi connectivity index (χ2n) is 9.71. The van der Waals surface area contributed by atoms with Gasteiger partial charge < -0.3 is 10.2 Å². The van der Waals surface area contributed by atoms with E-state index in [0.29, 0.717) is 10.6 Å². The number of aryl methyl sites for hydroxylation is 1. The van der Waals surface area contributed by atoms with E-state index in [1.165, 1.54) is 24.1 Å². The van der Waals surface area contributed by atoms with Crippen molar-refractivity contribution in [2.45, 2.75) is 30.8 Å². The van der Waals surface area contributed by atoms with E-state index < -0.39 is 34.4 Å².